The van der Waals surface area contributed by atoms with Crippen molar-refractivity contribution in [2.24, 2.45) is 0 Å². The predicted octanol–water partition coefficient (Wildman–Crippen LogP) is 3.91. The first kappa shape index (κ1) is 13.9. The minimum absolute atomic E-state index is 0.134. The SMILES string of the molecule is CC1(C)NC(=O)CC1(C)c1ccc(-c2ccccc2)cc1. The standard InChI is InChI=1S/C19H21NO/c1-18(2)19(3,13-17(21)20-18)16-11-9-15(10-12-16)14-7-5-4-6-8-14/h4-12H,13H2,1-3H3,(H,20,21). The molecule has 1 aliphatic rings. The van der Waals surface area contributed by atoms with Gasteiger partial charge in [-0.3, -0.25) is 4.79 Å². The highest BCUT2D eigenvalue weighted by Gasteiger charge is 2.50. The Bertz CT molecular complexity index is 658. The molecular weight excluding hydrogens is 258 g/mol. The summed E-state index contributed by atoms with van der Waals surface area (Å²) in [6, 6.07) is 19.0. The first-order chi connectivity index (χ1) is 9.92. The Morgan fingerprint density at radius 3 is 1.95 bits per heavy atom. The van der Waals surface area contributed by atoms with E-state index < -0.39 is 0 Å². The molecule has 1 aliphatic heterocycles. The number of hydrogen-bond acceptors (Lipinski definition) is 1. The van der Waals surface area contributed by atoms with Crippen molar-refractivity contribution in [3.8, 4) is 11.1 Å². The van der Waals surface area contributed by atoms with Crippen molar-refractivity contribution < 1.29 is 4.79 Å². The van der Waals surface area contributed by atoms with Crippen molar-refractivity contribution in [1.82, 2.24) is 5.32 Å². The average Bonchev–Trinajstić information content (AvgIpc) is 2.68. The van der Waals surface area contributed by atoms with Crippen molar-refractivity contribution in [2.45, 2.75) is 38.1 Å². The maximum atomic E-state index is 11.8. The van der Waals surface area contributed by atoms with Crippen LogP contribution in [0.4, 0.5) is 0 Å². The van der Waals surface area contributed by atoms with E-state index in [0.29, 0.717) is 6.42 Å². The van der Waals surface area contributed by atoms with Gasteiger partial charge in [-0.2, -0.15) is 0 Å². The zero-order valence-electron chi connectivity index (χ0n) is 12.8. The molecule has 1 atom stereocenters. The van der Waals surface area contributed by atoms with Crippen molar-refractivity contribution in [2.75, 3.05) is 0 Å². The Labute approximate surface area is 126 Å². The molecule has 1 N–H and O–H groups in total. The van der Waals surface area contributed by atoms with Crippen molar-refractivity contribution in [3.05, 3.63) is 60.2 Å². The lowest BCUT2D eigenvalue weighted by atomic mass is 9.69. The van der Waals surface area contributed by atoms with Gasteiger partial charge in [0.05, 0.1) is 0 Å². The number of amides is 1. The molecule has 2 heteroatoms. The second-order valence-corrected chi connectivity index (χ2v) is 6.63. The third kappa shape index (κ3) is 2.25. The number of carbonyl (C=O) groups excluding carboxylic acids is 1. The summed E-state index contributed by atoms with van der Waals surface area (Å²) in [5.41, 5.74) is 3.25. The molecule has 0 saturated carbocycles. The average molecular weight is 279 g/mol. The van der Waals surface area contributed by atoms with E-state index in [1.165, 1.54) is 16.7 Å². The van der Waals surface area contributed by atoms with E-state index in [9.17, 15) is 4.79 Å². The van der Waals surface area contributed by atoms with Crippen LogP contribution in [0, 0.1) is 0 Å². The summed E-state index contributed by atoms with van der Waals surface area (Å²) in [4.78, 5) is 11.8. The molecule has 1 fully saturated rings. The van der Waals surface area contributed by atoms with Gasteiger partial charge in [0.15, 0.2) is 0 Å². The first-order valence-electron chi connectivity index (χ1n) is 7.39. The van der Waals surface area contributed by atoms with Crippen LogP contribution >= 0.6 is 0 Å². The highest BCUT2D eigenvalue weighted by Crippen LogP contribution is 2.42. The highest BCUT2D eigenvalue weighted by atomic mass is 16.2. The molecule has 2 nitrogen and oxygen atoms in total. The molecule has 2 aromatic carbocycles. The summed E-state index contributed by atoms with van der Waals surface area (Å²) in [5.74, 6) is 0.134. The molecule has 108 valence electrons. The molecule has 0 spiro atoms. The number of benzene rings is 2. The van der Waals surface area contributed by atoms with Gasteiger partial charge >= 0.3 is 0 Å². The van der Waals surface area contributed by atoms with Gasteiger partial charge in [0.25, 0.3) is 0 Å². The lowest BCUT2D eigenvalue weighted by molar-refractivity contribution is -0.119. The lowest BCUT2D eigenvalue weighted by Gasteiger charge is -2.37. The summed E-state index contributed by atoms with van der Waals surface area (Å²) in [6.07, 6.45) is 0.546. The second kappa shape index (κ2) is 4.73. The van der Waals surface area contributed by atoms with Gasteiger partial charge in [-0.15, -0.1) is 0 Å². The number of nitrogens with one attached hydrogen (secondary N) is 1. The maximum absolute atomic E-state index is 11.8. The first-order valence-corrected chi connectivity index (χ1v) is 7.39. The number of hydrogen-bond donors (Lipinski definition) is 1. The topological polar surface area (TPSA) is 29.1 Å². The van der Waals surface area contributed by atoms with Gasteiger partial charge in [0, 0.05) is 17.4 Å². The van der Waals surface area contributed by atoms with Gasteiger partial charge < -0.3 is 5.32 Å². The summed E-state index contributed by atoms with van der Waals surface area (Å²) in [7, 11) is 0. The molecule has 21 heavy (non-hydrogen) atoms. The van der Waals surface area contributed by atoms with Crippen LogP contribution in [0.5, 0.6) is 0 Å². The van der Waals surface area contributed by atoms with Gasteiger partial charge in [-0.25, -0.2) is 0 Å². The molecule has 0 aliphatic carbocycles. The van der Waals surface area contributed by atoms with E-state index in [2.05, 4.69) is 62.5 Å². The Hall–Kier alpha value is -2.09. The number of rotatable bonds is 2. The molecule has 1 unspecified atom stereocenters. The van der Waals surface area contributed by atoms with Crippen LogP contribution < -0.4 is 5.32 Å². The molecule has 0 aromatic heterocycles. The third-order valence-electron chi connectivity index (χ3n) is 4.97. The lowest BCUT2D eigenvalue weighted by Crippen LogP contribution is -2.48. The Morgan fingerprint density at radius 1 is 0.857 bits per heavy atom. The maximum Gasteiger partial charge on any atom is 0.221 e. The van der Waals surface area contributed by atoms with Crippen LogP contribution in [-0.4, -0.2) is 11.4 Å². The summed E-state index contributed by atoms with van der Waals surface area (Å²) >= 11 is 0. The molecule has 1 saturated heterocycles. The predicted molar refractivity (Wildman–Crippen MR) is 86.1 cm³/mol. The molecule has 1 amide bonds. The van der Waals surface area contributed by atoms with Crippen LogP contribution in [0.2, 0.25) is 0 Å². The largest absolute Gasteiger partial charge is 0.350 e. The van der Waals surface area contributed by atoms with E-state index in [1.54, 1.807) is 0 Å². The number of carbonyl (C=O) groups is 1. The second-order valence-electron chi connectivity index (χ2n) is 6.63. The van der Waals surface area contributed by atoms with E-state index in [1.807, 2.05) is 18.2 Å². The summed E-state index contributed by atoms with van der Waals surface area (Å²) < 4.78 is 0. The summed E-state index contributed by atoms with van der Waals surface area (Å²) in [6.45, 7) is 6.37. The minimum Gasteiger partial charge on any atom is -0.350 e. The van der Waals surface area contributed by atoms with Gasteiger partial charge in [0.1, 0.15) is 0 Å². The van der Waals surface area contributed by atoms with Crippen LogP contribution in [0.1, 0.15) is 32.8 Å². The molecule has 0 radical (unpaired) electrons. The monoisotopic (exact) mass is 279 g/mol. The van der Waals surface area contributed by atoms with E-state index >= 15 is 0 Å². The minimum atomic E-state index is -0.224. The molecular formula is C19H21NO. The highest BCUT2D eigenvalue weighted by molar-refractivity contribution is 5.82. The quantitative estimate of drug-likeness (QED) is 0.887. The van der Waals surface area contributed by atoms with Gasteiger partial charge in [0.2, 0.25) is 5.91 Å². The fourth-order valence-corrected chi connectivity index (χ4v) is 3.20. The zero-order chi connectivity index (χ0) is 15.1. The van der Waals surface area contributed by atoms with Crippen molar-refractivity contribution >= 4 is 5.91 Å². The normalized spacial score (nSPS) is 23.9. The van der Waals surface area contributed by atoms with E-state index in [-0.39, 0.29) is 16.9 Å². The fourth-order valence-electron chi connectivity index (χ4n) is 3.20. The molecule has 0 bridgehead atoms. The zero-order valence-corrected chi connectivity index (χ0v) is 12.8. The Balaban J connectivity index is 1.97. The molecule has 3 rings (SSSR count). The van der Waals surface area contributed by atoms with E-state index in [4.69, 9.17) is 0 Å². The Kier molecular flexibility index (Phi) is 3.12. The van der Waals surface area contributed by atoms with Gasteiger partial charge in [-0.05, 0) is 30.5 Å². The summed E-state index contributed by atoms with van der Waals surface area (Å²) in [5, 5.41) is 3.09. The smallest absolute Gasteiger partial charge is 0.221 e. The fraction of sp³-hybridized carbons (Fsp3) is 0.316. The van der Waals surface area contributed by atoms with Crippen molar-refractivity contribution in [3.63, 3.8) is 0 Å². The van der Waals surface area contributed by atoms with Crippen LogP contribution in [0.25, 0.3) is 11.1 Å². The molecule has 2 aromatic rings. The third-order valence-corrected chi connectivity index (χ3v) is 4.97. The van der Waals surface area contributed by atoms with Gasteiger partial charge in [-0.1, -0.05) is 61.5 Å². The Morgan fingerprint density at radius 2 is 1.43 bits per heavy atom. The van der Waals surface area contributed by atoms with Crippen molar-refractivity contribution in [1.29, 1.82) is 0 Å². The molecule has 1 heterocycles. The van der Waals surface area contributed by atoms with Crippen LogP contribution in [0.3, 0.4) is 0 Å². The van der Waals surface area contributed by atoms with E-state index in [0.717, 1.165) is 0 Å². The van der Waals surface area contributed by atoms with Crippen LogP contribution in [0.15, 0.2) is 54.6 Å². The van der Waals surface area contributed by atoms with Crippen LogP contribution in [-0.2, 0) is 10.2 Å².